The second kappa shape index (κ2) is 6.90. The van der Waals surface area contributed by atoms with Crippen LogP contribution in [-0.2, 0) is 0 Å². The topological polar surface area (TPSA) is 12.0 Å². The van der Waals surface area contributed by atoms with E-state index in [0.29, 0.717) is 0 Å². The second-order valence-electron chi connectivity index (χ2n) is 5.57. The van der Waals surface area contributed by atoms with Crippen molar-refractivity contribution >= 4 is 11.8 Å². The lowest BCUT2D eigenvalue weighted by Gasteiger charge is -2.30. The van der Waals surface area contributed by atoms with Gasteiger partial charge in [-0.25, -0.2) is 0 Å². The van der Waals surface area contributed by atoms with Crippen molar-refractivity contribution in [1.82, 2.24) is 5.32 Å². The van der Waals surface area contributed by atoms with Crippen LogP contribution in [0, 0.1) is 5.92 Å². The molecule has 0 aromatic heterocycles. The van der Waals surface area contributed by atoms with Crippen molar-refractivity contribution in [3.8, 4) is 0 Å². The van der Waals surface area contributed by atoms with Crippen LogP contribution in [0.15, 0.2) is 0 Å². The SMILES string of the molecule is CC1SCCCC1NCCC1CCCCC1. The van der Waals surface area contributed by atoms with E-state index in [4.69, 9.17) is 0 Å². The predicted octanol–water partition coefficient (Wildman–Crippen LogP) is 3.83. The summed E-state index contributed by atoms with van der Waals surface area (Å²) in [5, 5.41) is 4.63. The summed E-state index contributed by atoms with van der Waals surface area (Å²) in [7, 11) is 0. The molecule has 2 fully saturated rings. The molecule has 0 spiro atoms. The van der Waals surface area contributed by atoms with Crippen LogP contribution in [0.4, 0.5) is 0 Å². The molecule has 1 aliphatic heterocycles. The first kappa shape index (κ1) is 12.8. The summed E-state index contributed by atoms with van der Waals surface area (Å²) in [6.45, 7) is 3.66. The highest BCUT2D eigenvalue weighted by Gasteiger charge is 2.21. The van der Waals surface area contributed by atoms with E-state index >= 15 is 0 Å². The van der Waals surface area contributed by atoms with Crippen LogP contribution in [0.1, 0.15) is 58.3 Å². The lowest BCUT2D eigenvalue weighted by atomic mass is 9.87. The molecule has 1 heterocycles. The number of hydrogen-bond donors (Lipinski definition) is 1. The van der Waals surface area contributed by atoms with E-state index in [1.807, 2.05) is 0 Å². The fraction of sp³-hybridized carbons (Fsp3) is 1.00. The summed E-state index contributed by atoms with van der Waals surface area (Å²) < 4.78 is 0. The summed E-state index contributed by atoms with van der Waals surface area (Å²) >= 11 is 2.15. The Morgan fingerprint density at radius 2 is 1.88 bits per heavy atom. The van der Waals surface area contributed by atoms with E-state index in [1.165, 1.54) is 63.7 Å². The summed E-state index contributed by atoms with van der Waals surface area (Å²) in [5.41, 5.74) is 0. The fourth-order valence-electron chi connectivity index (χ4n) is 3.14. The van der Waals surface area contributed by atoms with Crippen LogP contribution in [0.5, 0.6) is 0 Å². The predicted molar refractivity (Wildman–Crippen MR) is 74.1 cm³/mol. The summed E-state index contributed by atoms with van der Waals surface area (Å²) in [6.07, 6.45) is 11.7. The van der Waals surface area contributed by atoms with Gasteiger partial charge in [0.2, 0.25) is 0 Å². The molecule has 16 heavy (non-hydrogen) atoms. The largest absolute Gasteiger partial charge is 0.313 e. The molecule has 0 bridgehead atoms. The molecule has 0 amide bonds. The molecule has 0 radical (unpaired) electrons. The van der Waals surface area contributed by atoms with Gasteiger partial charge < -0.3 is 5.32 Å². The minimum absolute atomic E-state index is 0.794. The molecule has 2 heteroatoms. The summed E-state index contributed by atoms with van der Waals surface area (Å²) in [4.78, 5) is 0. The molecule has 1 saturated carbocycles. The zero-order valence-corrected chi connectivity index (χ0v) is 11.5. The highest BCUT2D eigenvalue weighted by molar-refractivity contribution is 7.99. The van der Waals surface area contributed by atoms with Crippen molar-refractivity contribution in [2.75, 3.05) is 12.3 Å². The lowest BCUT2D eigenvalue weighted by Crippen LogP contribution is -2.40. The monoisotopic (exact) mass is 241 g/mol. The van der Waals surface area contributed by atoms with Gasteiger partial charge in [0.1, 0.15) is 0 Å². The molecule has 2 rings (SSSR count). The molecule has 1 aliphatic carbocycles. The standard InChI is InChI=1S/C14H27NS/c1-12-14(8-5-11-16-12)15-10-9-13-6-3-2-4-7-13/h12-15H,2-11H2,1H3. The highest BCUT2D eigenvalue weighted by atomic mass is 32.2. The van der Waals surface area contributed by atoms with Gasteiger partial charge in [-0.1, -0.05) is 39.0 Å². The normalized spacial score (nSPS) is 32.8. The average Bonchev–Trinajstić information content (AvgIpc) is 2.33. The molecule has 1 N–H and O–H groups in total. The highest BCUT2D eigenvalue weighted by Crippen LogP contribution is 2.27. The third-order valence-corrected chi connectivity index (χ3v) is 5.67. The quantitative estimate of drug-likeness (QED) is 0.803. The lowest BCUT2D eigenvalue weighted by molar-refractivity contribution is 0.324. The third-order valence-electron chi connectivity index (χ3n) is 4.29. The number of thioether (sulfide) groups is 1. The van der Waals surface area contributed by atoms with Crippen molar-refractivity contribution in [2.24, 2.45) is 5.92 Å². The van der Waals surface area contributed by atoms with Crippen LogP contribution in [0.2, 0.25) is 0 Å². The minimum Gasteiger partial charge on any atom is -0.313 e. The summed E-state index contributed by atoms with van der Waals surface area (Å²) in [6, 6.07) is 0.794. The molecule has 2 atom stereocenters. The van der Waals surface area contributed by atoms with E-state index in [9.17, 15) is 0 Å². The molecule has 94 valence electrons. The number of nitrogens with one attached hydrogen (secondary N) is 1. The van der Waals surface area contributed by atoms with Gasteiger partial charge in [0.25, 0.3) is 0 Å². The Morgan fingerprint density at radius 1 is 1.06 bits per heavy atom. The molecule has 2 unspecified atom stereocenters. The minimum atomic E-state index is 0.794. The van der Waals surface area contributed by atoms with E-state index in [0.717, 1.165) is 17.2 Å². The van der Waals surface area contributed by atoms with Gasteiger partial charge >= 0.3 is 0 Å². The zero-order chi connectivity index (χ0) is 11.2. The van der Waals surface area contributed by atoms with Gasteiger partial charge in [-0.15, -0.1) is 0 Å². The van der Waals surface area contributed by atoms with E-state index in [1.54, 1.807) is 0 Å². The van der Waals surface area contributed by atoms with Crippen LogP contribution < -0.4 is 5.32 Å². The molecule has 0 aromatic rings. The van der Waals surface area contributed by atoms with Gasteiger partial charge in [-0.05, 0) is 37.5 Å². The summed E-state index contributed by atoms with van der Waals surface area (Å²) in [5.74, 6) is 2.41. The molecular formula is C14H27NS. The maximum Gasteiger partial charge on any atom is 0.0184 e. The number of rotatable bonds is 4. The smallest absolute Gasteiger partial charge is 0.0184 e. The van der Waals surface area contributed by atoms with Crippen molar-refractivity contribution in [1.29, 1.82) is 0 Å². The Balaban J connectivity index is 1.59. The van der Waals surface area contributed by atoms with Crippen molar-refractivity contribution < 1.29 is 0 Å². The first-order chi connectivity index (χ1) is 7.86. The maximum atomic E-state index is 3.80. The van der Waals surface area contributed by atoms with E-state index < -0.39 is 0 Å². The Hall–Kier alpha value is 0.310. The van der Waals surface area contributed by atoms with Crippen LogP contribution in [-0.4, -0.2) is 23.6 Å². The third kappa shape index (κ3) is 3.96. The van der Waals surface area contributed by atoms with Gasteiger partial charge in [0.05, 0.1) is 0 Å². The number of hydrogen-bond acceptors (Lipinski definition) is 2. The second-order valence-corrected chi connectivity index (χ2v) is 7.06. The Morgan fingerprint density at radius 3 is 2.62 bits per heavy atom. The van der Waals surface area contributed by atoms with Gasteiger partial charge in [0.15, 0.2) is 0 Å². The maximum absolute atomic E-state index is 3.80. The Kier molecular flexibility index (Phi) is 5.51. The first-order valence-corrected chi connectivity index (χ1v) is 8.26. The van der Waals surface area contributed by atoms with E-state index in [-0.39, 0.29) is 0 Å². The van der Waals surface area contributed by atoms with Gasteiger partial charge in [-0.2, -0.15) is 11.8 Å². The molecule has 1 saturated heterocycles. The van der Waals surface area contributed by atoms with Gasteiger partial charge in [0, 0.05) is 11.3 Å². The van der Waals surface area contributed by atoms with E-state index in [2.05, 4.69) is 24.0 Å². The molecular weight excluding hydrogens is 214 g/mol. The average molecular weight is 241 g/mol. The van der Waals surface area contributed by atoms with Crippen molar-refractivity contribution in [3.05, 3.63) is 0 Å². The molecule has 0 aromatic carbocycles. The zero-order valence-electron chi connectivity index (χ0n) is 10.7. The van der Waals surface area contributed by atoms with Crippen LogP contribution in [0.25, 0.3) is 0 Å². The van der Waals surface area contributed by atoms with Crippen LogP contribution >= 0.6 is 11.8 Å². The van der Waals surface area contributed by atoms with Gasteiger partial charge in [-0.3, -0.25) is 0 Å². The van der Waals surface area contributed by atoms with Crippen LogP contribution in [0.3, 0.4) is 0 Å². The Bertz CT molecular complexity index is 189. The van der Waals surface area contributed by atoms with Crippen molar-refractivity contribution in [2.45, 2.75) is 69.6 Å². The first-order valence-electron chi connectivity index (χ1n) is 7.21. The Labute approximate surface area is 105 Å². The fourth-order valence-corrected chi connectivity index (χ4v) is 4.31. The van der Waals surface area contributed by atoms with Crippen molar-refractivity contribution in [3.63, 3.8) is 0 Å². The molecule has 1 nitrogen and oxygen atoms in total. The molecule has 2 aliphatic rings.